The summed E-state index contributed by atoms with van der Waals surface area (Å²) in [6.45, 7) is 2.77. The first kappa shape index (κ1) is 16.5. The van der Waals surface area contributed by atoms with Crippen molar-refractivity contribution in [1.29, 1.82) is 0 Å². The molecule has 4 heteroatoms. The first-order chi connectivity index (χ1) is 11.8. The molecule has 0 unspecified atom stereocenters. The number of hydrogen-bond donors (Lipinski definition) is 2. The van der Waals surface area contributed by atoms with Gasteiger partial charge in [-0.05, 0) is 62.1 Å². The van der Waals surface area contributed by atoms with Gasteiger partial charge in [-0.3, -0.25) is 4.79 Å². The molecule has 1 heterocycles. The van der Waals surface area contributed by atoms with Crippen LogP contribution in [0, 0.1) is 0 Å². The van der Waals surface area contributed by atoms with Crippen molar-refractivity contribution >= 4 is 11.6 Å². The van der Waals surface area contributed by atoms with Crippen LogP contribution in [0.4, 0.5) is 5.69 Å². The zero-order valence-corrected chi connectivity index (χ0v) is 14.0. The second-order valence-electron chi connectivity index (χ2n) is 6.33. The van der Waals surface area contributed by atoms with Gasteiger partial charge in [0.2, 0.25) is 0 Å². The minimum absolute atomic E-state index is 0.0867. The molecule has 0 aromatic heterocycles. The number of amides is 1. The molecule has 1 aliphatic rings. The second-order valence-corrected chi connectivity index (χ2v) is 6.33. The Balaban J connectivity index is 1.51. The van der Waals surface area contributed by atoms with E-state index in [1.807, 2.05) is 54.6 Å². The molecular formula is C20H25N2O2+. The van der Waals surface area contributed by atoms with Gasteiger partial charge in [0.05, 0.1) is 13.1 Å². The minimum Gasteiger partial charge on any atom is -0.457 e. The van der Waals surface area contributed by atoms with E-state index in [0.29, 0.717) is 6.54 Å². The van der Waals surface area contributed by atoms with E-state index in [-0.39, 0.29) is 5.91 Å². The van der Waals surface area contributed by atoms with E-state index in [1.54, 1.807) is 0 Å². The third kappa shape index (κ3) is 5.10. The van der Waals surface area contributed by atoms with E-state index in [1.165, 1.54) is 30.6 Å². The highest BCUT2D eigenvalue weighted by molar-refractivity contribution is 5.91. The molecule has 1 amide bonds. The third-order valence-electron chi connectivity index (χ3n) is 4.34. The monoisotopic (exact) mass is 325 g/mol. The van der Waals surface area contributed by atoms with E-state index in [2.05, 4.69) is 5.32 Å². The van der Waals surface area contributed by atoms with Crippen LogP contribution in [0.5, 0.6) is 11.5 Å². The first-order valence-electron chi connectivity index (χ1n) is 8.76. The van der Waals surface area contributed by atoms with E-state index in [9.17, 15) is 4.79 Å². The highest BCUT2D eigenvalue weighted by atomic mass is 16.5. The maximum absolute atomic E-state index is 12.2. The summed E-state index contributed by atoms with van der Waals surface area (Å²) in [4.78, 5) is 13.6. The molecule has 1 fully saturated rings. The number of carbonyl (C=O) groups excluding carboxylic acids is 1. The van der Waals surface area contributed by atoms with Crippen LogP contribution >= 0.6 is 0 Å². The van der Waals surface area contributed by atoms with Crippen LogP contribution in [0.15, 0.2) is 54.6 Å². The van der Waals surface area contributed by atoms with Crippen molar-refractivity contribution in [3.63, 3.8) is 0 Å². The summed E-state index contributed by atoms with van der Waals surface area (Å²) in [6, 6.07) is 17.2. The van der Waals surface area contributed by atoms with Gasteiger partial charge in [-0.1, -0.05) is 18.2 Å². The van der Waals surface area contributed by atoms with Crippen LogP contribution < -0.4 is 15.0 Å². The van der Waals surface area contributed by atoms with Crippen molar-refractivity contribution in [3.05, 3.63) is 54.6 Å². The lowest BCUT2D eigenvalue weighted by Crippen LogP contribution is -3.12. The Hall–Kier alpha value is -2.33. The minimum atomic E-state index is 0.0867. The fourth-order valence-electron chi connectivity index (χ4n) is 3.07. The molecule has 0 radical (unpaired) electrons. The van der Waals surface area contributed by atoms with Gasteiger partial charge in [0.25, 0.3) is 5.91 Å². The summed E-state index contributed by atoms with van der Waals surface area (Å²) in [7, 11) is 0. The lowest BCUT2D eigenvalue weighted by Gasteiger charge is -2.16. The number of nitrogens with one attached hydrogen (secondary N) is 2. The molecule has 0 bridgehead atoms. The molecular weight excluding hydrogens is 300 g/mol. The smallest absolute Gasteiger partial charge is 0.279 e. The topological polar surface area (TPSA) is 42.8 Å². The number of benzene rings is 2. The normalized spacial score (nSPS) is 15.5. The van der Waals surface area contributed by atoms with Gasteiger partial charge >= 0.3 is 0 Å². The van der Waals surface area contributed by atoms with E-state index < -0.39 is 0 Å². The lowest BCUT2D eigenvalue weighted by atomic mass is 10.2. The Morgan fingerprint density at radius 3 is 2.17 bits per heavy atom. The first-order valence-corrected chi connectivity index (χ1v) is 8.76. The van der Waals surface area contributed by atoms with Crippen molar-refractivity contribution in [2.24, 2.45) is 0 Å². The SMILES string of the molecule is O=C(C[NH+]1CCCCCC1)Nc1ccc(Oc2ccccc2)cc1. The van der Waals surface area contributed by atoms with Crippen LogP contribution in [0.1, 0.15) is 25.7 Å². The van der Waals surface area contributed by atoms with Gasteiger partial charge in [0, 0.05) is 5.69 Å². The predicted octanol–water partition coefficient (Wildman–Crippen LogP) is 2.88. The second kappa shape index (κ2) is 8.50. The third-order valence-corrected chi connectivity index (χ3v) is 4.34. The highest BCUT2D eigenvalue weighted by Crippen LogP contribution is 2.22. The van der Waals surface area contributed by atoms with E-state index in [0.717, 1.165) is 30.3 Å². The van der Waals surface area contributed by atoms with Crippen LogP contribution in [-0.2, 0) is 4.79 Å². The largest absolute Gasteiger partial charge is 0.457 e. The standard InChI is InChI=1S/C20H24N2O2/c23-20(16-22-14-6-1-2-7-15-22)21-17-10-12-19(13-11-17)24-18-8-4-3-5-9-18/h3-5,8-13H,1-2,6-7,14-16H2,(H,21,23)/p+1. The molecule has 1 aliphatic heterocycles. The van der Waals surface area contributed by atoms with Gasteiger partial charge in [0.15, 0.2) is 6.54 Å². The van der Waals surface area contributed by atoms with Gasteiger partial charge in [-0.2, -0.15) is 0 Å². The molecule has 0 saturated carbocycles. The van der Waals surface area contributed by atoms with Gasteiger partial charge in [-0.15, -0.1) is 0 Å². The molecule has 2 aromatic rings. The van der Waals surface area contributed by atoms with Gasteiger partial charge < -0.3 is 15.0 Å². The van der Waals surface area contributed by atoms with E-state index >= 15 is 0 Å². The van der Waals surface area contributed by atoms with Crippen molar-refractivity contribution in [3.8, 4) is 11.5 Å². The molecule has 4 nitrogen and oxygen atoms in total. The molecule has 126 valence electrons. The number of likely N-dealkylation sites (tertiary alicyclic amines) is 1. The molecule has 1 saturated heterocycles. The van der Waals surface area contributed by atoms with Crippen LogP contribution in [-0.4, -0.2) is 25.5 Å². The number of hydrogen-bond acceptors (Lipinski definition) is 2. The average molecular weight is 325 g/mol. The number of quaternary nitrogens is 1. The molecule has 3 rings (SSSR count). The number of para-hydroxylation sites is 1. The number of anilines is 1. The Bertz CT molecular complexity index is 632. The fourth-order valence-corrected chi connectivity index (χ4v) is 3.07. The maximum Gasteiger partial charge on any atom is 0.279 e. The van der Waals surface area contributed by atoms with Gasteiger partial charge in [-0.25, -0.2) is 0 Å². The summed E-state index contributed by atoms with van der Waals surface area (Å²) in [6.07, 6.45) is 5.06. The van der Waals surface area contributed by atoms with Crippen LogP contribution in [0.2, 0.25) is 0 Å². The van der Waals surface area contributed by atoms with Crippen molar-refractivity contribution in [1.82, 2.24) is 0 Å². The Morgan fingerprint density at radius 2 is 1.50 bits per heavy atom. The van der Waals surface area contributed by atoms with Gasteiger partial charge in [0.1, 0.15) is 11.5 Å². The summed E-state index contributed by atoms with van der Waals surface area (Å²) < 4.78 is 5.76. The van der Waals surface area contributed by atoms with Crippen LogP contribution in [0.3, 0.4) is 0 Å². The summed E-state index contributed by atoms with van der Waals surface area (Å²) >= 11 is 0. The van der Waals surface area contributed by atoms with Crippen molar-refractivity contribution < 1.29 is 14.4 Å². The summed E-state index contributed by atoms with van der Waals surface area (Å²) in [5, 5.41) is 2.99. The van der Waals surface area contributed by atoms with Crippen LogP contribution in [0.25, 0.3) is 0 Å². The summed E-state index contributed by atoms with van der Waals surface area (Å²) in [5.41, 5.74) is 0.814. The quantitative estimate of drug-likeness (QED) is 0.888. The zero-order chi connectivity index (χ0) is 16.6. The Labute approximate surface area is 143 Å². The van der Waals surface area contributed by atoms with Crippen molar-refractivity contribution in [2.45, 2.75) is 25.7 Å². The molecule has 24 heavy (non-hydrogen) atoms. The lowest BCUT2D eigenvalue weighted by molar-refractivity contribution is -0.890. The number of carbonyl (C=O) groups is 1. The zero-order valence-electron chi connectivity index (χ0n) is 14.0. The number of rotatable bonds is 5. The molecule has 0 atom stereocenters. The summed E-state index contributed by atoms with van der Waals surface area (Å²) in [5.74, 6) is 1.65. The molecule has 0 spiro atoms. The molecule has 2 N–H and O–H groups in total. The van der Waals surface area contributed by atoms with E-state index in [4.69, 9.17) is 4.74 Å². The molecule has 0 aliphatic carbocycles. The fraction of sp³-hybridized carbons (Fsp3) is 0.350. The number of ether oxygens (including phenoxy) is 1. The average Bonchev–Trinajstić information content (AvgIpc) is 2.86. The highest BCUT2D eigenvalue weighted by Gasteiger charge is 2.16. The maximum atomic E-state index is 12.2. The Morgan fingerprint density at radius 1 is 0.875 bits per heavy atom. The Kier molecular flexibility index (Phi) is 5.85. The van der Waals surface area contributed by atoms with Crippen molar-refractivity contribution in [2.75, 3.05) is 25.0 Å². The molecule has 2 aromatic carbocycles. The predicted molar refractivity (Wildman–Crippen MR) is 95.6 cm³/mol.